The van der Waals surface area contributed by atoms with Gasteiger partial charge in [-0.3, -0.25) is 0 Å². The van der Waals surface area contributed by atoms with Crippen LogP contribution in [-0.4, -0.2) is 5.11 Å². The fraction of sp³-hybridized carbons (Fsp3) is 0.143. The van der Waals surface area contributed by atoms with Gasteiger partial charge >= 0.3 is 0 Å². The molecule has 0 fully saturated rings. The molecule has 0 aliphatic heterocycles. The van der Waals surface area contributed by atoms with E-state index >= 15 is 0 Å². The standard InChI is InChI=1S/C14H15NO.ClH/c15-13(11-7-3-1-4-8-11)14(16)12-9-5-2-6-10-12;/h1-10,13-14,16H,15H2;1H/t13-,14?;/m0./s1. The third-order valence-electron chi connectivity index (χ3n) is 2.67. The first kappa shape index (κ1) is 13.7. The summed E-state index contributed by atoms with van der Waals surface area (Å²) in [5, 5.41) is 10.1. The van der Waals surface area contributed by atoms with Crippen LogP contribution in [0.5, 0.6) is 0 Å². The molecular weight excluding hydrogens is 234 g/mol. The molecule has 3 heteroatoms. The Morgan fingerprint density at radius 1 is 0.765 bits per heavy atom. The molecule has 0 spiro atoms. The molecule has 2 aromatic rings. The molecule has 0 bridgehead atoms. The van der Waals surface area contributed by atoms with Gasteiger partial charge in [0.05, 0.1) is 12.1 Å². The zero-order valence-electron chi connectivity index (χ0n) is 9.36. The second kappa shape index (κ2) is 6.40. The number of benzene rings is 2. The SMILES string of the molecule is Cl.N[C@@H](c1ccccc1)C(O)c1ccccc1. The van der Waals surface area contributed by atoms with Gasteiger partial charge < -0.3 is 10.8 Å². The van der Waals surface area contributed by atoms with Gasteiger partial charge in [-0.2, -0.15) is 0 Å². The fourth-order valence-electron chi connectivity index (χ4n) is 1.72. The first-order valence-electron chi connectivity index (χ1n) is 5.32. The van der Waals surface area contributed by atoms with E-state index in [1.165, 1.54) is 0 Å². The molecule has 0 saturated carbocycles. The predicted molar refractivity (Wildman–Crippen MR) is 72.0 cm³/mol. The van der Waals surface area contributed by atoms with Crippen molar-refractivity contribution < 1.29 is 5.11 Å². The highest BCUT2D eigenvalue weighted by Gasteiger charge is 2.17. The van der Waals surface area contributed by atoms with Gasteiger partial charge in [-0.1, -0.05) is 60.7 Å². The van der Waals surface area contributed by atoms with Crippen LogP contribution in [-0.2, 0) is 0 Å². The third-order valence-corrected chi connectivity index (χ3v) is 2.67. The van der Waals surface area contributed by atoms with Gasteiger partial charge in [-0.05, 0) is 11.1 Å². The van der Waals surface area contributed by atoms with Crippen molar-refractivity contribution in [3.05, 3.63) is 71.8 Å². The number of halogens is 1. The largest absolute Gasteiger partial charge is 0.386 e. The summed E-state index contributed by atoms with van der Waals surface area (Å²) in [6.07, 6.45) is -0.663. The fourth-order valence-corrected chi connectivity index (χ4v) is 1.72. The maximum absolute atomic E-state index is 10.1. The Morgan fingerprint density at radius 2 is 1.18 bits per heavy atom. The summed E-state index contributed by atoms with van der Waals surface area (Å²) in [6, 6.07) is 18.7. The van der Waals surface area contributed by atoms with E-state index in [4.69, 9.17) is 5.73 Å². The molecule has 0 amide bonds. The second-order valence-electron chi connectivity index (χ2n) is 3.79. The molecule has 0 aliphatic rings. The van der Waals surface area contributed by atoms with Gasteiger partial charge in [0, 0.05) is 0 Å². The van der Waals surface area contributed by atoms with Crippen LogP contribution in [0.1, 0.15) is 23.3 Å². The number of aliphatic hydroxyl groups is 1. The van der Waals surface area contributed by atoms with Gasteiger partial charge in [0.2, 0.25) is 0 Å². The highest BCUT2D eigenvalue weighted by molar-refractivity contribution is 5.85. The minimum absolute atomic E-state index is 0. The van der Waals surface area contributed by atoms with Crippen LogP contribution in [0, 0.1) is 0 Å². The summed E-state index contributed by atoms with van der Waals surface area (Å²) in [5.41, 5.74) is 7.81. The van der Waals surface area contributed by atoms with Crippen molar-refractivity contribution in [2.24, 2.45) is 5.73 Å². The summed E-state index contributed by atoms with van der Waals surface area (Å²) in [5.74, 6) is 0. The smallest absolute Gasteiger partial charge is 0.0982 e. The quantitative estimate of drug-likeness (QED) is 0.879. The Kier molecular flexibility index (Phi) is 5.16. The van der Waals surface area contributed by atoms with Gasteiger partial charge in [0.15, 0.2) is 0 Å². The van der Waals surface area contributed by atoms with Crippen molar-refractivity contribution in [1.29, 1.82) is 0 Å². The van der Waals surface area contributed by atoms with Crippen LogP contribution in [0.25, 0.3) is 0 Å². The Labute approximate surface area is 108 Å². The molecule has 0 saturated heterocycles. The Bertz CT molecular complexity index is 389. The summed E-state index contributed by atoms with van der Waals surface area (Å²) in [6.45, 7) is 0. The van der Waals surface area contributed by atoms with Crippen molar-refractivity contribution in [1.82, 2.24) is 0 Å². The molecule has 90 valence electrons. The van der Waals surface area contributed by atoms with Crippen LogP contribution in [0.3, 0.4) is 0 Å². The Hall–Kier alpha value is -1.35. The van der Waals surface area contributed by atoms with E-state index in [9.17, 15) is 5.11 Å². The number of hydrogen-bond donors (Lipinski definition) is 2. The van der Waals surface area contributed by atoms with E-state index in [0.717, 1.165) is 11.1 Å². The average molecular weight is 250 g/mol. The molecule has 1 unspecified atom stereocenters. The van der Waals surface area contributed by atoms with Gasteiger partial charge in [-0.25, -0.2) is 0 Å². The number of hydrogen-bond acceptors (Lipinski definition) is 2. The van der Waals surface area contributed by atoms with Crippen LogP contribution >= 0.6 is 12.4 Å². The van der Waals surface area contributed by atoms with E-state index in [1.54, 1.807) is 0 Å². The maximum atomic E-state index is 10.1. The highest BCUT2D eigenvalue weighted by Crippen LogP contribution is 2.25. The number of nitrogens with two attached hydrogens (primary N) is 1. The molecule has 2 atom stereocenters. The van der Waals surface area contributed by atoms with Crippen molar-refractivity contribution in [3.63, 3.8) is 0 Å². The first-order valence-corrected chi connectivity index (χ1v) is 5.32. The summed E-state index contributed by atoms with van der Waals surface area (Å²) < 4.78 is 0. The van der Waals surface area contributed by atoms with Crippen molar-refractivity contribution in [2.45, 2.75) is 12.1 Å². The molecule has 2 nitrogen and oxygen atoms in total. The predicted octanol–water partition coefficient (Wildman–Crippen LogP) is 2.84. The lowest BCUT2D eigenvalue weighted by atomic mass is 9.97. The van der Waals surface area contributed by atoms with E-state index in [2.05, 4.69) is 0 Å². The number of aliphatic hydroxyl groups excluding tert-OH is 1. The lowest BCUT2D eigenvalue weighted by Gasteiger charge is -2.19. The minimum atomic E-state index is -0.663. The van der Waals surface area contributed by atoms with Crippen molar-refractivity contribution in [2.75, 3.05) is 0 Å². The zero-order valence-corrected chi connectivity index (χ0v) is 10.2. The average Bonchev–Trinajstić information content (AvgIpc) is 2.39. The van der Waals surface area contributed by atoms with Crippen LogP contribution < -0.4 is 5.73 Å². The summed E-state index contributed by atoms with van der Waals surface area (Å²) in [4.78, 5) is 0. The van der Waals surface area contributed by atoms with Crippen LogP contribution in [0.2, 0.25) is 0 Å². The molecule has 0 aromatic heterocycles. The molecule has 17 heavy (non-hydrogen) atoms. The van der Waals surface area contributed by atoms with E-state index in [-0.39, 0.29) is 18.4 Å². The lowest BCUT2D eigenvalue weighted by molar-refractivity contribution is 0.147. The molecule has 0 heterocycles. The van der Waals surface area contributed by atoms with Gasteiger partial charge in [-0.15, -0.1) is 12.4 Å². The lowest BCUT2D eigenvalue weighted by Crippen LogP contribution is -2.19. The summed E-state index contributed by atoms with van der Waals surface area (Å²) in [7, 11) is 0. The highest BCUT2D eigenvalue weighted by atomic mass is 35.5. The Balaban J connectivity index is 0.00000144. The zero-order chi connectivity index (χ0) is 11.4. The van der Waals surface area contributed by atoms with E-state index < -0.39 is 6.10 Å². The van der Waals surface area contributed by atoms with Gasteiger partial charge in [0.25, 0.3) is 0 Å². The second-order valence-corrected chi connectivity index (χ2v) is 3.79. The molecular formula is C14H16ClNO. The monoisotopic (exact) mass is 249 g/mol. The molecule has 2 aromatic carbocycles. The molecule has 0 radical (unpaired) electrons. The molecule has 2 rings (SSSR count). The van der Waals surface area contributed by atoms with Gasteiger partial charge in [0.1, 0.15) is 0 Å². The minimum Gasteiger partial charge on any atom is -0.386 e. The van der Waals surface area contributed by atoms with E-state index in [1.807, 2.05) is 60.7 Å². The van der Waals surface area contributed by atoms with Crippen LogP contribution in [0.4, 0.5) is 0 Å². The third kappa shape index (κ3) is 3.30. The Morgan fingerprint density at radius 3 is 1.65 bits per heavy atom. The topological polar surface area (TPSA) is 46.2 Å². The van der Waals surface area contributed by atoms with E-state index in [0.29, 0.717) is 0 Å². The normalized spacial score (nSPS) is 13.5. The van der Waals surface area contributed by atoms with Crippen molar-refractivity contribution in [3.8, 4) is 0 Å². The molecule has 0 aliphatic carbocycles. The first-order chi connectivity index (χ1) is 7.79. The van der Waals surface area contributed by atoms with Crippen LogP contribution in [0.15, 0.2) is 60.7 Å². The van der Waals surface area contributed by atoms with Crippen molar-refractivity contribution >= 4 is 12.4 Å². The summed E-state index contributed by atoms with van der Waals surface area (Å²) >= 11 is 0. The number of rotatable bonds is 3. The maximum Gasteiger partial charge on any atom is 0.0982 e. The molecule has 3 N–H and O–H groups in total.